The summed E-state index contributed by atoms with van der Waals surface area (Å²) in [5, 5.41) is 1.34. The number of aromatic nitrogens is 1. The second kappa shape index (κ2) is 4.90. The highest BCUT2D eigenvalue weighted by molar-refractivity contribution is 8.03. The molecule has 0 saturated carbocycles. The van der Waals surface area contributed by atoms with Crippen LogP contribution in [0.2, 0.25) is 0 Å². The first kappa shape index (κ1) is 13.3. The van der Waals surface area contributed by atoms with Crippen LogP contribution in [-0.2, 0) is 0 Å². The van der Waals surface area contributed by atoms with Crippen LogP contribution >= 0.6 is 11.8 Å². The van der Waals surface area contributed by atoms with Crippen molar-refractivity contribution in [3.05, 3.63) is 71.2 Å². The third kappa shape index (κ3) is 1.95. The predicted octanol–water partition coefficient (Wildman–Crippen LogP) is 6.25. The normalized spacial score (nSPS) is 19.3. The summed E-state index contributed by atoms with van der Waals surface area (Å²) in [6.07, 6.45) is 5.78. The highest BCUT2D eigenvalue weighted by Crippen LogP contribution is 2.50. The number of thioether (sulfide) groups is 1. The van der Waals surface area contributed by atoms with Crippen LogP contribution in [0.15, 0.2) is 70.5 Å². The Morgan fingerprint density at radius 1 is 1.04 bits per heavy atom. The van der Waals surface area contributed by atoms with Crippen molar-refractivity contribution in [2.45, 2.75) is 18.2 Å². The predicted molar refractivity (Wildman–Crippen MR) is 99.4 cm³/mol. The van der Waals surface area contributed by atoms with Crippen molar-refractivity contribution in [2.75, 3.05) is 0 Å². The molecule has 1 N–H and O–H groups in total. The SMILES string of the molecule is CC1C=CC2=C(C1)c1c([nH]c3ccccc13)-c1ccccc1S2. The third-order valence-electron chi connectivity index (χ3n) is 4.78. The molecule has 2 heterocycles. The monoisotopic (exact) mass is 315 g/mol. The van der Waals surface area contributed by atoms with Gasteiger partial charge in [-0.2, -0.15) is 0 Å². The van der Waals surface area contributed by atoms with Crippen LogP contribution in [0.25, 0.3) is 27.7 Å². The van der Waals surface area contributed by atoms with Gasteiger partial charge >= 0.3 is 0 Å². The van der Waals surface area contributed by atoms with Crippen LogP contribution in [-0.4, -0.2) is 4.98 Å². The number of benzene rings is 2. The molecule has 3 aromatic rings. The maximum absolute atomic E-state index is 3.69. The van der Waals surface area contributed by atoms with Crippen molar-refractivity contribution < 1.29 is 0 Å². The molecular weight excluding hydrogens is 298 g/mol. The Hall–Kier alpha value is -2.19. The fourth-order valence-electron chi connectivity index (χ4n) is 3.70. The lowest BCUT2D eigenvalue weighted by molar-refractivity contribution is 0.748. The first-order valence-electron chi connectivity index (χ1n) is 8.11. The molecular formula is C21H17NS. The van der Waals surface area contributed by atoms with Crippen molar-refractivity contribution in [3.8, 4) is 11.3 Å². The first-order valence-corrected chi connectivity index (χ1v) is 8.92. The van der Waals surface area contributed by atoms with Crippen molar-refractivity contribution >= 4 is 28.2 Å². The number of hydrogen-bond donors (Lipinski definition) is 1. The fourth-order valence-corrected chi connectivity index (χ4v) is 4.82. The van der Waals surface area contributed by atoms with Crippen LogP contribution in [0.4, 0.5) is 0 Å². The fraction of sp³-hybridized carbons (Fsp3) is 0.143. The minimum Gasteiger partial charge on any atom is -0.354 e. The minimum atomic E-state index is 0.595. The maximum atomic E-state index is 3.69. The number of hydrogen-bond acceptors (Lipinski definition) is 1. The van der Waals surface area contributed by atoms with Gasteiger partial charge in [-0.1, -0.05) is 67.2 Å². The molecule has 2 aliphatic rings. The lowest BCUT2D eigenvalue weighted by atomic mass is 9.88. The number of rotatable bonds is 0. The quantitative estimate of drug-likeness (QED) is 0.518. The van der Waals surface area contributed by atoms with E-state index >= 15 is 0 Å². The number of nitrogens with one attached hydrogen (secondary N) is 1. The zero-order valence-corrected chi connectivity index (χ0v) is 13.8. The van der Waals surface area contributed by atoms with Crippen molar-refractivity contribution in [1.82, 2.24) is 4.98 Å². The van der Waals surface area contributed by atoms with Gasteiger partial charge in [0.15, 0.2) is 0 Å². The minimum absolute atomic E-state index is 0.595. The van der Waals surface area contributed by atoms with Crippen molar-refractivity contribution in [2.24, 2.45) is 5.92 Å². The number of allylic oxidation sites excluding steroid dienone is 3. The first-order chi connectivity index (χ1) is 11.3. The zero-order valence-electron chi connectivity index (χ0n) is 13.0. The molecule has 0 fully saturated rings. The van der Waals surface area contributed by atoms with E-state index in [2.05, 4.69) is 72.6 Å². The summed E-state index contributed by atoms with van der Waals surface area (Å²) < 4.78 is 0. The Kier molecular flexibility index (Phi) is 2.83. The van der Waals surface area contributed by atoms with Crippen LogP contribution < -0.4 is 0 Å². The highest BCUT2D eigenvalue weighted by Gasteiger charge is 2.26. The number of para-hydroxylation sites is 1. The molecule has 1 nitrogen and oxygen atoms in total. The Bertz CT molecular complexity index is 990. The summed E-state index contributed by atoms with van der Waals surface area (Å²) in [5.74, 6) is 0.595. The molecule has 1 aliphatic carbocycles. The summed E-state index contributed by atoms with van der Waals surface area (Å²) in [7, 11) is 0. The summed E-state index contributed by atoms with van der Waals surface area (Å²) in [6, 6.07) is 17.4. The molecule has 112 valence electrons. The van der Waals surface area contributed by atoms with Crippen molar-refractivity contribution in [1.29, 1.82) is 0 Å². The molecule has 2 heteroatoms. The zero-order chi connectivity index (χ0) is 15.4. The van der Waals surface area contributed by atoms with E-state index < -0.39 is 0 Å². The molecule has 0 radical (unpaired) electrons. The third-order valence-corrected chi connectivity index (χ3v) is 5.96. The van der Waals surface area contributed by atoms with Gasteiger partial charge in [-0.05, 0) is 30.0 Å². The lowest BCUT2D eigenvalue weighted by Gasteiger charge is -2.18. The average molecular weight is 315 g/mol. The molecule has 23 heavy (non-hydrogen) atoms. The van der Waals surface area contributed by atoms with E-state index in [1.54, 1.807) is 0 Å². The van der Waals surface area contributed by atoms with Crippen LogP contribution in [0.3, 0.4) is 0 Å². The Morgan fingerprint density at radius 2 is 1.87 bits per heavy atom. The number of fused-ring (bicyclic) bond motifs is 6. The smallest absolute Gasteiger partial charge is 0.0553 e. The van der Waals surface area contributed by atoms with Gasteiger partial charge in [0.05, 0.1) is 5.69 Å². The average Bonchev–Trinajstić information content (AvgIpc) is 2.90. The van der Waals surface area contributed by atoms with Gasteiger partial charge in [-0.3, -0.25) is 0 Å². The molecule has 0 amide bonds. The van der Waals surface area contributed by atoms with Gasteiger partial charge in [-0.15, -0.1) is 0 Å². The van der Waals surface area contributed by atoms with Gasteiger partial charge in [0.2, 0.25) is 0 Å². The summed E-state index contributed by atoms with van der Waals surface area (Å²) >= 11 is 1.91. The topological polar surface area (TPSA) is 15.8 Å². The van der Waals surface area contributed by atoms with Gasteiger partial charge < -0.3 is 4.98 Å². The van der Waals surface area contributed by atoms with E-state index in [0.29, 0.717) is 5.92 Å². The molecule has 1 atom stereocenters. The van der Waals surface area contributed by atoms with Crippen molar-refractivity contribution in [3.63, 3.8) is 0 Å². The second-order valence-electron chi connectivity index (χ2n) is 6.40. The molecule has 0 bridgehead atoms. The standard InChI is InChI=1S/C21H17NS/c1-13-10-11-19-16(12-13)20-14-6-2-4-8-17(14)22-21(20)15-7-3-5-9-18(15)23-19/h2-11,13,22H,12H2,1H3. The highest BCUT2D eigenvalue weighted by atomic mass is 32.2. The van der Waals surface area contributed by atoms with E-state index in [4.69, 9.17) is 0 Å². The molecule has 0 saturated heterocycles. The Labute approximate surface area is 140 Å². The van der Waals surface area contributed by atoms with E-state index in [-0.39, 0.29) is 0 Å². The summed E-state index contributed by atoms with van der Waals surface area (Å²) in [5.41, 5.74) is 6.73. The van der Waals surface area contributed by atoms with E-state index in [1.807, 2.05) is 11.8 Å². The molecule has 1 aliphatic heterocycles. The number of H-pyrrole nitrogens is 1. The van der Waals surface area contributed by atoms with Gasteiger partial charge in [-0.25, -0.2) is 0 Å². The number of aromatic amines is 1. The van der Waals surface area contributed by atoms with Gasteiger partial charge in [0, 0.05) is 31.8 Å². The molecule has 1 aromatic heterocycles. The summed E-state index contributed by atoms with van der Waals surface area (Å²) in [4.78, 5) is 6.43. The van der Waals surface area contributed by atoms with E-state index in [0.717, 1.165) is 6.42 Å². The molecule has 2 aromatic carbocycles. The van der Waals surface area contributed by atoms with Crippen LogP contribution in [0, 0.1) is 5.92 Å². The lowest BCUT2D eigenvalue weighted by Crippen LogP contribution is -2.00. The van der Waals surface area contributed by atoms with Crippen LogP contribution in [0.5, 0.6) is 0 Å². The molecule has 5 rings (SSSR count). The molecule has 0 spiro atoms. The van der Waals surface area contributed by atoms with E-state index in [9.17, 15) is 0 Å². The largest absolute Gasteiger partial charge is 0.354 e. The second-order valence-corrected chi connectivity index (χ2v) is 7.49. The Balaban J connectivity index is 1.92. The van der Waals surface area contributed by atoms with E-state index in [1.165, 1.54) is 43.1 Å². The Morgan fingerprint density at radius 3 is 2.83 bits per heavy atom. The van der Waals surface area contributed by atoms with Gasteiger partial charge in [0.25, 0.3) is 0 Å². The van der Waals surface area contributed by atoms with Crippen LogP contribution in [0.1, 0.15) is 18.9 Å². The molecule has 1 unspecified atom stereocenters. The van der Waals surface area contributed by atoms with Gasteiger partial charge in [0.1, 0.15) is 0 Å². The summed E-state index contributed by atoms with van der Waals surface area (Å²) in [6.45, 7) is 2.30. The maximum Gasteiger partial charge on any atom is 0.0553 e.